The van der Waals surface area contributed by atoms with Crippen LogP contribution < -0.4 is 19.5 Å². The van der Waals surface area contributed by atoms with Gasteiger partial charge in [-0.25, -0.2) is 0 Å². The summed E-state index contributed by atoms with van der Waals surface area (Å²) in [5.74, 6) is 0.941. The van der Waals surface area contributed by atoms with Gasteiger partial charge in [-0.3, -0.25) is 4.79 Å². The summed E-state index contributed by atoms with van der Waals surface area (Å²) in [5.41, 5.74) is 2.31. The van der Waals surface area contributed by atoms with Crippen LogP contribution in [0.3, 0.4) is 0 Å². The number of rotatable bonds is 6. The lowest BCUT2D eigenvalue weighted by Gasteiger charge is -2.14. The zero-order valence-electron chi connectivity index (χ0n) is 15.2. The summed E-state index contributed by atoms with van der Waals surface area (Å²) in [6.07, 6.45) is 0. The Bertz CT molecular complexity index is 903. The lowest BCUT2D eigenvalue weighted by Crippen LogP contribution is -2.14. The van der Waals surface area contributed by atoms with Gasteiger partial charge in [0.25, 0.3) is 5.91 Å². The number of nitrogens with zero attached hydrogens (tertiary/aromatic N) is 2. The Kier molecular flexibility index (Phi) is 5.51. The van der Waals surface area contributed by atoms with Crippen LogP contribution in [0.4, 0.5) is 5.69 Å². The van der Waals surface area contributed by atoms with Gasteiger partial charge in [0.05, 0.1) is 27.0 Å². The first-order chi connectivity index (χ1) is 13.2. The molecular formula is C20H19N3O4. The highest BCUT2D eigenvalue weighted by atomic mass is 16.5. The quantitative estimate of drug-likeness (QED) is 0.721. The van der Waals surface area contributed by atoms with E-state index >= 15 is 0 Å². The fraction of sp³-hybridized carbons (Fsp3) is 0.150. The second kappa shape index (κ2) is 8.18. The van der Waals surface area contributed by atoms with Gasteiger partial charge in [0.1, 0.15) is 0 Å². The number of hydrogen-bond donors (Lipinski definition) is 1. The van der Waals surface area contributed by atoms with Gasteiger partial charge in [0.15, 0.2) is 17.2 Å². The van der Waals surface area contributed by atoms with Crippen molar-refractivity contribution in [2.45, 2.75) is 0 Å². The van der Waals surface area contributed by atoms with E-state index in [4.69, 9.17) is 14.2 Å². The molecule has 0 aliphatic carbocycles. The molecule has 1 aromatic heterocycles. The van der Waals surface area contributed by atoms with E-state index in [1.807, 2.05) is 30.3 Å². The Hall–Kier alpha value is -3.61. The number of ether oxygens (including phenoxy) is 3. The lowest BCUT2D eigenvalue weighted by atomic mass is 10.1. The molecule has 0 radical (unpaired) electrons. The molecule has 0 aliphatic heterocycles. The van der Waals surface area contributed by atoms with Crippen molar-refractivity contribution in [3.63, 3.8) is 0 Å². The summed E-state index contributed by atoms with van der Waals surface area (Å²) in [5, 5.41) is 10.9. The molecule has 1 heterocycles. The Morgan fingerprint density at radius 3 is 2.04 bits per heavy atom. The number of amides is 1. The second-order valence-electron chi connectivity index (χ2n) is 5.54. The first kappa shape index (κ1) is 18.2. The SMILES string of the molecule is COc1cc(NC(=O)c2ccc(-c3ccccc3)nn2)cc(OC)c1OC. The highest BCUT2D eigenvalue weighted by Crippen LogP contribution is 2.39. The normalized spacial score (nSPS) is 10.2. The number of anilines is 1. The number of aromatic nitrogens is 2. The van der Waals surface area contributed by atoms with Crippen molar-refractivity contribution < 1.29 is 19.0 Å². The maximum atomic E-state index is 12.5. The highest BCUT2D eigenvalue weighted by molar-refractivity contribution is 6.03. The molecule has 27 heavy (non-hydrogen) atoms. The van der Waals surface area contributed by atoms with Crippen molar-refractivity contribution in [3.05, 3.63) is 60.3 Å². The number of nitrogens with one attached hydrogen (secondary N) is 1. The Balaban J connectivity index is 1.81. The number of carbonyl (C=O) groups is 1. The number of methoxy groups -OCH3 is 3. The fourth-order valence-corrected chi connectivity index (χ4v) is 2.56. The van der Waals surface area contributed by atoms with Crippen LogP contribution in [-0.4, -0.2) is 37.4 Å². The third-order valence-electron chi connectivity index (χ3n) is 3.89. The van der Waals surface area contributed by atoms with Gasteiger partial charge in [-0.05, 0) is 12.1 Å². The number of carbonyl (C=O) groups excluding carboxylic acids is 1. The molecule has 0 aliphatic rings. The molecule has 0 atom stereocenters. The molecule has 7 heteroatoms. The van der Waals surface area contributed by atoms with E-state index in [-0.39, 0.29) is 5.69 Å². The predicted molar refractivity (Wildman–Crippen MR) is 102 cm³/mol. The highest BCUT2D eigenvalue weighted by Gasteiger charge is 2.16. The van der Waals surface area contributed by atoms with Crippen LogP contribution in [-0.2, 0) is 0 Å². The van der Waals surface area contributed by atoms with Gasteiger partial charge < -0.3 is 19.5 Å². The smallest absolute Gasteiger partial charge is 0.276 e. The minimum absolute atomic E-state index is 0.198. The van der Waals surface area contributed by atoms with Crippen molar-refractivity contribution >= 4 is 11.6 Å². The lowest BCUT2D eigenvalue weighted by molar-refractivity contribution is 0.102. The van der Waals surface area contributed by atoms with Gasteiger partial charge in [-0.15, -0.1) is 10.2 Å². The molecule has 3 aromatic rings. The zero-order valence-corrected chi connectivity index (χ0v) is 15.2. The average molecular weight is 365 g/mol. The molecule has 1 amide bonds. The van der Waals surface area contributed by atoms with E-state index in [2.05, 4.69) is 15.5 Å². The van der Waals surface area contributed by atoms with Gasteiger partial charge in [0, 0.05) is 23.4 Å². The van der Waals surface area contributed by atoms with Crippen LogP contribution in [0.1, 0.15) is 10.5 Å². The topological polar surface area (TPSA) is 82.6 Å². The predicted octanol–water partition coefficient (Wildman–Crippen LogP) is 3.42. The summed E-state index contributed by atoms with van der Waals surface area (Å²) >= 11 is 0. The molecule has 0 fully saturated rings. The van der Waals surface area contributed by atoms with E-state index in [1.165, 1.54) is 21.3 Å². The van der Waals surface area contributed by atoms with Crippen LogP contribution in [0.15, 0.2) is 54.6 Å². The molecule has 1 N–H and O–H groups in total. The van der Waals surface area contributed by atoms with Crippen molar-refractivity contribution in [1.29, 1.82) is 0 Å². The standard InChI is InChI=1S/C20H19N3O4/c1-25-17-11-14(12-18(26-2)19(17)27-3)21-20(24)16-10-9-15(22-23-16)13-7-5-4-6-8-13/h4-12H,1-3H3,(H,21,24). The molecule has 2 aromatic carbocycles. The van der Waals surface area contributed by atoms with E-state index in [9.17, 15) is 4.79 Å². The average Bonchev–Trinajstić information content (AvgIpc) is 2.73. The molecular weight excluding hydrogens is 346 g/mol. The molecule has 0 spiro atoms. The molecule has 3 rings (SSSR count). The largest absolute Gasteiger partial charge is 0.493 e. The molecule has 0 bridgehead atoms. The van der Waals surface area contributed by atoms with Crippen LogP contribution in [0, 0.1) is 0 Å². The van der Waals surface area contributed by atoms with Gasteiger partial charge >= 0.3 is 0 Å². The summed E-state index contributed by atoms with van der Waals surface area (Å²) in [6, 6.07) is 16.3. The van der Waals surface area contributed by atoms with Crippen molar-refractivity contribution in [2.24, 2.45) is 0 Å². The number of benzene rings is 2. The van der Waals surface area contributed by atoms with Gasteiger partial charge in [-0.1, -0.05) is 30.3 Å². The Morgan fingerprint density at radius 2 is 1.52 bits per heavy atom. The first-order valence-corrected chi connectivity index (χ1v) is 8.16. The van der Waals surface area contributed by atoms with Crippen LogP contribution in [0.5, 0.6) is 17.2 Å². The summed E-state index contributed by atoms with van der Waals surface area (Å²) in [4.78, 5) is 12.5. The monoisotopic (exact) mass is 365 g/mol. The third kappa shape index (κ3) is 3.98. The summed E-state index contributed by atoms with van der Waals surface area (Å²) in [7, 11) is 4.54. The molecule has 138 valence electrons. The Labute approximate surface area is 156 Å². The van der Waals surface area contributed by atoms with Crippen molar-refractivity contribution in [3.8, 4) is 28.5 Å². The zero-order chi connectivity index (χ0) is 19.2. The summed E-state index contributed by atoms with van der Waals surface area (Å²) < 4.78 is 15.8. The number of hydrogen-bond acceptors (Lipinski definition) is 6. The fourth-order valence-electron chi connectivity index (χ4n) is 2.56. The molecule has 0 saturated heterocycles. The first-order valence-electron chi connectivity index (χ1n) is 8.16. The third-order valence-corrected chi connectivity index (χ3v) is 3.89. The minimum Gasteiger partial charge on any atom is -0.493 e. The molecule has 0 saturated carbocycles. The minimum atomic E-state index is -0.392. The summed E-state index contributed by atoms with van der Waals surface area (Å²) in [6.45, 7) is 0. The van der Waals surface area contributed by atoms with Crippen molar-refractivity contribution in [1.82, 2.24) is 10.2 Å². The van der Waals surface area contributed by atoms with Crippen LogP contribution in [0.25, 0.3) is 11.3 Å². The van der Waals surface area contributed by atoms with Crippen molar-refractivity contribution in [2.75, 3.05) is 26.6 Å². The Morgan fingerprint density at radius 1 is 0.852 bits per heavy atom. The van der Waals surface area contributed by atoms with E-state index < -0.39 is 5.91 Å². The molecule has 7 nitrogen and oxygen atoms in total. The van der Waals surface area contributed by atoms with Crippen LogP contribution >= 0.6 is 0 Å². The van der Waals surface area contributed by atoms with Gasteiger partial charge in [-0.2, -0.15) is 0 Å². The second-order valence-corrected chi connectivity index (χ2v) is 5.54. The van der Waals surface area contributed by atoms with E-state index in [0.717, 1.165) is 5.56 Å². The molecule has 0 unspecified atom stereocenters. The van der Waals surface area contributed by atoms with E-state index in [1.54, 1.807) is 24.3 Å². The van der Waals surface area contributed by atoms with E-state index in [0.29, 0.717) is 28.6 Å². The maximum Gasteiger partial charge on any atom is 0.276 e. The van der Waals surface area contributed by atoms with Gasteiger partial charge in [0.2, 0.25) is 5.75 Å². The van der Waals surface area contributed by atoms with Crippen LogP contribution in [0.2, 0.25) is 0 Å². The maximum absolute atomic E-state index is 12.5.